The normalized spacial score (nSPS) is 13.7. The lowest BCUT2D eigenvalue weighted by molar-refractivity contribution is 0.270. The molecule has 0 saturated heterocycles. The van der Waals surface area contributed by atoms with Gasteiger partial charge in [-0.2, -0.15) is 0 Å². The van der Waals surface area contributed by atoms with Crippen molar-refractivity contribution >= 4 is 43.7 Å². The molecule has 0 aliphatic rings. The molecule has 0 radical (unpaired) electrons. The molecule has 0 bridgehead atoms. The summed E-state index contributed by atoms with van der Waals surface area (Å²) in [5, 5.41) is 2.06. The summed E-state index contributed by atoms with van der Waals surface area (Å²) >= 11 is -4.29. The minimum absolute atomic E-state index is 0.0683. The Kier molecular flexibility index (Phi) is 5.98. The first-order chi connectivity index (χ1) is 14.8. The van der Waals surface area contributed by atoms with E-state index in [4.69, 9.17) is 4.18 Å². The van der Waals surface area contributed by atoms with Gasteiger partial charge >= 0.3 is 0 Å². The van der Waals surface area contributed by atoms with Crippen LogP contribution in [-0.2, 0) is 26.3 Å². The molecule has 31 heavy (non-hydrogen) atoms. The molecule has 2 unspecified atom stereocenters. The van der Waals surface area contributed by atoms with Gasteiger partial charge in [0.25, 0.3) is 0 Å². The van der Waals surface area contributed by atoms with Crippen LogP contribution in [0.25, 0.3) is 32.7 Å². The first-order valence-electron chi connectivity index (χ1n) is 9.41. The zero-order valence-corrected chi connectivity index (χ0v) is 18.2. The zero-order valence-electron chi connectivity index (χ0n) is 16.6. The molecule has 1 N–H and O–H groups in total. The van der Waals surface area contributed by atoms with Crippen LogP contribution in [0.3, 0.4) is 0 Å². The van der Waals surface area contributed by atoms with E-state index in [0.717, 1.165) is 0 Å². The average molecular weight is 461 g/mol. The largest absolute Gasteiger partial charge is 0.302 e. The molecule has 0 aliphatic carbocycles. The molecule has 0 spiro atoms. The lowest BCUT2D eigenvalue weighted by Gasteiger charge is -2.18. The standard InChI is InChI=1S/C23H18F2O4S2/c1-13(2)29-31(28)21-10-4-15-12-17(25)6-8-19(15)23(21)22-18-7-5-16(24)11-14(18)3-9-20(22)30(26)27/h3-13H,1-2H3,(H,26,27). The van der Waals surface area contributed by atoms with Gasteiger partial charge in [0, 0.05) is 11.1 Å². The molecular weight excluding hydrogens is 442 g/mol. The summed E-state index contributed by atoms with van der Waals surface area (Å²) < 4.78 is 68.5. The highest BCUT2D eigenvalue weighted by molar-refractivity contribution is 7.80. The summed E-state index contributed by atoms with van der Waals surface area (Å²) in [6.07, 6.45) is -0.342. The molecule has 0 fully saturated rings. The molecule has 4 rings (SSSR count). The van der Waals surface area contributed by atoms with Crippen LogP contribution >= 0.6 is 0 Å². The summed E-state index contributed by atoms with van der Waals surface area (Å²) in [6, 6.07) is 14.4. The van der Waals surface area contributed by atoms with Crippen LogP contribution in [0, 0.1) is 11.6 Å². The summed E-state index contributed by atoms with van der Waals surface area (Å²) in [4.78, 5) is 0.343. The first-order valence-corrected chi connectivity index (χ1v) is 11.6. The molecule has 4 aromatic rings. The third-order valence-corrected chi connectivity index (χ3v) is 6.76. The van der Waals surface area contributed by atoms with E-state index in [1.165, 1.54) is 42.5 Å². The maximum absolute atomic E-state index is 13.9. The van der Waals surface area contributed by atoms with Gasteiger partial charge in [-0.3, -0.25) is 4.18 Å². The van der Waals surface area contributed by atoms with Gasteiger partial charge in [-0.1, -0.05) is 24.3 Å². The maximum atomic E-state index is 13.9. The second-order valence-electron chi connectivity index (χ2n) is 7.24. The van der Waals surface area contributed by atoms with Crippen LogP contribution in [0.1, 0.15) is 13.8 Å². The van der Waals surface area contributed by atoms with Crippen LogP contribution in [0.4, 0.5) is 8.78 Å². The molecule has 2 atom stereocenters. The number of hydrogen-bond acceptors (Lipinski definition) is 3. The predicted octanol–water partition coefficient (Wildman–Crippen LogP) is 5.97. The molecular formula is C23H18F2O4S2. The third-order valence-electron chi connectivity index (χ3n) is 4.78. The van der Waals surface area contributed by atoms with Crippen molar-refractivity contribution in [2.45, 2.75) is 29.7 Å². The molecule has 0 heterocycles. The van der Waals surface area contributed by atoms with Crippen molar-refractivity contribution in [1.29, 1.82) is 0 Å². The average Bonchev–Trinajstić information content (AvgIpc) is 2.71. The topological polar surface area (TPSA) is 63.6 Å². The maximum Gasteiger partial charge on any atom is 0.190 e. The van der Waals surface area contributed by atoms with Crippen LogP contribution in [0.5, 0.6) is 0 Å². The number of halogens is 2. The SMILES string of the molecule is CC(C)OS(=O)c1ccc2cc(F)ccc2c1-c1c(S(=O)O)ccc2cc(F)ccc12. The van der Waals surface area contributed by atoms with Crippen molar-refractivity contribution in [3.8, 4) is 11.1 Å². The third kappa shape index (κ3) is 4.16. The lowest BCUT2D eigenvalue weighted by atomic mass is 9.93. The monoisotopic (exact) mass is 460 g/mol. The first kappa shape index (κ1) is 21.7. The Labute approximate surface area is 182 Å². The molecule has 0 saturated carbocycles. The predicted molar refractivity (Wildman–Crippen MR) is 118 cm³/mol. The minimum Gasteiger partial charge on any atom is -0.302 e. The van der Waals surface area contributed by atoms with Crippen LogP contribution in [0.15, 0.2) is 70.5 Å². The number of fused-ring (bicyclic) bond motifs is 2. The van der Waals surface area contributed by atoms with E-state index in [0.29, 0.717) is 32.7 Å². The Morgan fingerprint density at radius 1 is 0.774 bits per heavy atom. The van der Waals surface area contributed by atoms with Gasteiger partial charge in [0.2, 0.25) is 0 Å². The van der Waals surface area contributed by atoms with E-state index < -0.39 is 33.8 Å². The van der Waals surface area contributed by atoms with E-state index >= 15 is 0 Å². The van der Waals surface area contributed by atoms with Gasteiger partial charge in [-0.15, -0.1) is 0 Å². The van der Waals surface area contributed by atoms with Crippen molar-refractivity contribution < 1.29 is 25.9 Å². The Bertz CT molecular complexity index is 1370. The zero-order chi connectivity index (χ0) is 22.3. The molecule has 0 amide bonds. The van der Waals surface area contributed by atoms with E-state index in [9.17, 15) is 21.8 Å². The summed E-state index contributed by atoms with van der Waals surface area (Å²) in [7, 11) is 0. The minimum atomic E-state index is -2.39. The van der Waals surface area contributed by atoms with E-state index in [1.54, 1.807) is 32.0 Å². The fourth-order valence-electron chi connectivity index (χ4n) is 3.59. The molecule has 0 aliphatic heterocycles. The molecule has 0 aromatic heterocycles. The van der Waals surface area contributed by atoms with E-state index in [-0.39, 0.29) is 15.9 Å². The van der Waals surface area contributed by atoms with Crippen LogP contribution < -0.4 is 0 Å². The van der Waals surface area contributed by atoms with E-state index in [2.05, 4.69) is 0 Å². The van der Waals surface area contributed by atoms with Crippen molar-refractivity contribution in [2.24, 2.45) is 0 Å². The van der Waals surface area contributed by atoms with Gasteiger partial charge in [0.1, 0.15) is 11.6 Å². The lowest BCUT2D eigenvalue weighted by Crippen LogP contribution is -2.08. The number of benzene rings is 4. The Hall–Kier alpha value is -2.52. The second-order valence-corrected chi connectivity index (χ2v) is 9.28. The highest BCUT2D eigenvalue weighted by Gasteiger charge is 2.23. The van der Waals surface area contributed by atoms with Gasteiger partial charge in [0.15, 0.2) is 22.2 Å². The van der Waals surface area contributed by atoms with Crippen molar-refractivity contribution in [2.75, 3.05) is 0 Å². The number of hydrogen-bond donors (Lipinski definition) is 1. The van der Waals surface area contributed by atoms with Gasteiger partial charge in [-0.05, 0) is 71.8 Å². The van der Waals surface area contributed by atoms with Gasteiger partial charge in [0.05, 0.1) is 15.9 Å². The fraction of sp³-hybridized carbons (Fsp3) is 0.130. The van der Waals surface area contributed by atoms with Crippen LogP contribution in [0.2, 0.25) is 0 Å². The van der Waals surface area contributed by atoms with Crippen LogP contribution in [-0.4, -0.2) is 19.1 Å². The van der Waals surface area contributed by atoms with Gasteiger partial charge in [-0.25, -0.2) is 17.2 Å². The highest BCUT2D eigenvalue weighted by Crippen LogP contribution is 2.42. The molecule has 4 aromatic carbocycles. The smallest absolute Gasteiger partial charge is 0.190 e. The summed E-state index contributed by atoms with van der Waals surface area (Å²) in [5.41, 5.74) is 0.706. The fourth-order valence-corrected chi connectivity index (χ4v) is 5.17. The van der Waals surface area contributed by atoms with Crippen molar-refractivity contribution in [3.63, 3.8) is 0 Å². The Morgan fingerprint density at radius 2 is 1.26 bits per heavy atom. The summed E-state index contributed by atoms with van der Waals surface area (Å²) in [5.74, 6) is -0.903. The van der Waals surface area contributed by atoms with E-state index in [1.807, 2.05) is 0 Å². The van der Waals surface area contributed by atoms with Crippen molar-refractivity contribution in [1.82, 2.24) is 0 Å². The summed E-state index contributed by atoms with van der Waals surface area (Å²) in [6.45, 7) is 3.48. The van der Waals surface area contributed by atoms with Gasteiger partial charge < -0.3 is 4.55 Å². The highest BCUT2D eigenvalue weighted by atomic mass is 32.2. The quantitative estimate of drug-likeness (QED) is 0.373. The molecule has 160 valence electrons. The molecule has 4 nitrogen and oxygen atoms in total. The Balaban J connectivity index is 2.18. The molecule has 8 heteroatoms. The number of rotatable bonds is 5. The van der Waals surface area contributed by atoms with Crippen molar-refractivity contribution in [3.05, 3.63) is 72.3 Å². The Morgan fingerprint density at radius 3 is 1.74 bits per heavy atom. The second kappa shape index (κ2) is 8.55.